The standard InChI is InChI=1S/C16H18F3NO2/c1-9(2)20-8-11(10(3)7-14(21)22)15-12(16(17,18)19)5-4-6-13(15)20/h4-6,8-10H,7H2,1-3H3,(H,21,22). The smallest absolute Gasteiger partial charge is 0.417 e. The lowest BCUT2D eigenvalue weighted by Crippen LogP contribution is -2.08. The van der Waals surface area contributed by atoms with Gasteiger partial charge in [-0.05, 0) is 37.5 Å². The number of carboxylic acids is 1. The number of nitrogens with zero attached hydrogens (tertiary/aromatic N) is 1. The van der Waals surface area contributed by atoms with Crippen LogP contribution in [0.25, 0.3) is 10.9 Å². The van der Waals surface area contributed by atoms with Gasteiger partial charge in [-0.1, -0.05) is 13.0 Å². The fourth-order valence-corrected chi connectivity index (χ4v) is 2.75. The molecule has 22 heavy (non-hydrogen) atoms. The van der Waals surface area contributed by atoms with E-state index in [1.165, 1.54) is 6.07 Å². The van der Waals surface area contributed by atoms with Crippen molar-refractivity contribution in [3.8, 4) is 0 Å². The van der Waals surface area contributed by atoms with Crippen LogP contribution in [-0.2, 0) is 11.0 Å². The lowest BCUT2D eigenvalue weighted by Gasteiger charge is -2.13. The number of alkyl halides is 3. The molecule has 0 saturated heterocycles. The van der Waals surface area contributed by atoms with Crippen molar-refractivity contribution >= 4 is 16.9 Å². The molecule has 0 spiro atoms. The molecule has 6 heteroatoms. The van der Waals surface area contributed by atoms with Gasteiger partial charge in [-0.25, -0.2) is 0 Å². The first kappa shape index (κ1) is 16.4. The Labute approximate surface area is 126 Å². The van der Waals surface area contributed by atoms with E-state index in [2.05, 4.69) is 0 Å². The molecule has 0 aliphatic rings. The van der Waals surface area contributed by atoms with Gasteiger partial charge in [0.05, 0.1) is 12.0 Å². The van der Waals surface area contributed by atoms with Gasteiger partial charge in [0.2, 0.25) is 0 Å². The molecular weight excluding hydrogens is 295 g/mol. The summed E-state index contributed by atoms with van der Waals surface area (Å²) in [5.41, 5.74) is 0.202. The van der Waals surface area contributed by atoms with Crippen molar-refractivity contribution in [2.24, 2.45) is 0 Å². The summed E-state index contributed by atoms with van der Waals surface area (Å²) in [5, 5.41) is 9.04. The predicted molar refractivity (Wildman–Crippen MR) is 78.0 cm³/mol. The Hall–Kier alpha value is -1.98. The van der Waals surface area contributed by atoms with E-state index in [4.69, 9.17) is 5.11 Å². The summed E-state index contributed by atoms with van der Waals surface area (Å²) >= 11 is 0. The largest absolute Gasteiger partial charge is 0.481 e. The van der Waals surface area contributed by atoms with Gasteiger partial charge in [0.1, 0.15) is 0 Å². The van der Waals surface area contributed by atoms with Gasteiger partial charge in [-0.3, -0.25) is 4.79 Å². The topological polar surface area (TPSA) is 42.2 Å². The van der Waals surface area contributed by atoms with Gasteiger partial charge < -0.3 is 9.67 Å². The molecule has 1 unspecified atom stereocenters. The second-order valence-electron chi connectivity index (χ2n) is 5.78. The van der Waals surface area contributed by atoms with Crippen molar-refractivity contribution in [1.82, 2.24) is 4.57 Å². The number of fused-ring (bicyclic) bond motifs is 1. The van der Waals surface area contributed by atoms with Crippen LogP contribution in [0.3, 0.4) is 0 Å². The zero-order valence-electron chi connectivity index (χ0n) is 12.6. The molecule has 0 radical (unpaired) electrons. The number of aliphatic carboxylic acids is 1. The molecule has 0 bridgehead atoms. The Morgan fingerprint density at radius 3 is 2.41 bits per heavy atom. The van der Waals surface area contributed by atoms with Gasteiger partial charge in [-0.2, -0.15) is 13.2 Å². The van der Waals surface area contributed by atoms with Crippen molar-refractivity contribution in [2.75, 3.05) is 0 Å². The van der Waals surface area contributed by atoms with Gasteiger partial charge in [0, 0.05) is 23.1 Å². The van der Waals surface area contributed by atoms with Crippen LogP contribution in [0.15, 0.2) is 24.4 Å². The highest BCUT2D eigenvalue weighted by molar-refractivity contribution is 5.89. The van der Waals surface area contributed by atoms with Crippen LogP contribution < -0.4 is 0 Å². The summed E-state index contributed by atoms with van der Waals surface area (Å²) in [5.74, 6) is -1.52. The van der Waals surface area contributed by atoms with Gasteiger partial charge in [0.25, 0.3) is 0 Å². The molecule has 0 amide bonds. The lowest BCUT2D eigenvalue weighted by atomic mass is 9.94. The summed E-state index contributed by atoms with van der Waals surface area (Å²) in [4.78, 5) is 10.9. The third kappa shape index (κ3) is 2.96. The minimum absolute atomic E-state index is 0.0169. The van der Waals surface area contributed by atoms with Gasteiger partial charge >= 0.3 is 12.1 Å². The van der Waals surface area contributed by atoms with Crippen LogP contribution >= 0.6 is 0 Å². The minimum atomic E-state index is -4.47. The monoisotopic (exact) mass is 313 g/mol. The first-order chi connectivity index (χ1) is 10.1. The Balaban J connectivity index is 2.77. The number of carboxylic acid groups (broad SMARTS) is 1. The third-order valence-corrected chi connectivity index (χ3v) is 3.76. The number of rotatable bonds is 4. The van der Waals surface area contributed by atoms with Crippen molar-refractivity contribution in [2.45, 2.75) is 45.3 Å². The van der Waals surface area contributed by atoms with Crippen LogP contribution in [0.5, 0.6) is 0 Å². The number of carbonyl (C=O) groups is 1. The zero-order valence-corrected chi connectivity index (χ0v) is 12.6. The summed E-state index contributed by atoms with van der Waals surface area (Å²) in [6.45, 7) is 5.40. The van der Waals surface area contributed by atoms with E-state index >= 15 is 0 Å². The minimum Gasteiger partial charge on any atom is -0.481 e. The van der Waals surface area contributed by atoms with Crippen LogP contribution in [0, 0.1) is 0 Å². The molecule has 3 nitrogen and oxygen atoms in total. The molecule has 0 saturated carbocycles. The average molecular weight is 313 g/mol. The van der Waals surface area contributed by atoms with E-state index in [0.29, 0.717) is 11.1 Å². The van der Waals surface area contributed by atoms with Crippen LogP contribution in [-0.4, -0.2) is 15.6 Å². The molecule has 1 atom stereocenters. The number of benzene rings is 1. The highest BCUT2D eigenvalue weighted by atomic mass is 19.4. The van der Waals surface area contributed by atoms with Crippen LogP contribution in [0.4, 0.5) is 13.2 Å². The first-order valence-electron chi connectivity index (χ1n) is 7.05. The number of halogens is 3. The number of hydrogen-bond acceptors (Lipinski definition) is 1. The Kier molecular flexibility index (Phi) is 4.22. The second-order valence-corrected chi connectivity index (χ2v) is 5.78. The predicted octanol–water partition coefficient (Wildman–Crippen LogP) is 4.82. The molecule has 0 fully saturated rings. The third-order valence-electron chi connectivity index (χ3n) is 3.76. The van der Waals surface area contributed by atoms with E-state index in [1.54, 1.807) is 23.8 Å². The zero-order chi connectivity index (χ0) is 16.7. The van der Waals surface area contributed by atoms with E-state index < -0.39 is 23.6 Å². The van der Waals surface area contributed by atoms with Crippen molar-refractivity contribution in [3.63, 3.8) is 0 Å². The molecule has 0 aliphatic heterocycles. The first-order valence-corrected chi connectivity index (χ1v) is 7.05. The molecule has 1 heterocycles. The Morgan fingerprint density at radius 1 is 1.27 bits per heavy atom. The highest BCUT2D eigenvalue weighted by Crippen LogP contribution is 2.40. The van der Waals surface area contributed by atoms with Gasteiger partial charge in [0.15, 0.2) is 0 Å². The van der Waals surface area contributed by atoms with E-state index in [-0.39, 0.29) is 17.8 Å². The normalized spacial score (nSPS) is 13.8. The van der Waals surface area contributed by atoms with E-state index in [0.717, 1.165) is 6.07 Å². The molecule has 0 aliphatic carbocycles. The van der Waals surface area contributed by atoms with Crippen molar-refractivity contribution < 1.29 is 23.1 Å². The quantitative estimate of drug-likeness (QED) is 0.879. The Bertz CT molecular complexity index is 701. The Morgan fingerprint density at radius 2 is 1.91 bits per heavy atom. The molecule has 1 N–H and O–H groups in total. The van der Waals surface area contributed by atoms with E-state index in [9.17, 15) is 18.0 Å². The summed E-state index contributed by atoms with van der Waals surface area (Å²) in [6, 6.07) is 4.05. The van der Waals surface area contributed by atoms with Crippen molar-refractivity contribution in [1.29, 1.82) is 0 Å². The highest BCUT2D eigenvalue weighted by Gasteiger charge is 2.35. The van der Waals surface area contributed by atoms with Gasteiger partial charge in [-0.15, -0.1) is 0 Å². The molecular formula is C16H18F3NO2. The van der Waals surface area contributed by atoms with Crippen LogP contribution in [0.1, 0.15) is 50.3 Å². The molecule has 2 aromatic rings. The van der Waals surface area contributed by atoms with E-state index in [1.807, 2.05) is 13.8 Å². The molecule has 2 rings (SSSR count). The van der Waals surface area contributed by atoms with Crippen LogP contribution in [0.2, 0.25) is 0 Å². The molecule has 1 aromatic carbocycles. The average Bonchev–Trinajstić information content (AvgIpc) is 2.76. The fraction of sp³-hybridized carbons (Fsp3) is 0.438. The summed E-state index contributed by atoms with van der Waals surface area (Å²) in [7, 11) is 0. The summed E-state index contributed by atoms with van der Waals surface area (Å²) in [6.07, 6.45) is -3.03. The maximum atomic E-state index is 13.3. The second kappa shape index (κ2) is 5.66. The molecule has 1 aromatic heterocycles. The number of aromatic nitrogens is 1. The van der Waals surface area contributed by atoms with Crippen molar-refractivity contribution in [3.05, 3.63) is 35.5 Å². The number of hydrogen-bond donors (Lipinski definition) is 1. The summed E-state index contributed by atoms with van der Waals surface area (Å²) < 4.78 is 41.7. The maximum Gasteiger partial charge on any atom is 0.417 e. The maximum absolute atomic E-state index is 13.3. The fourth-order valence-electron chi connectivity index (χ4n) is 2.75. The lowest BCUT2D eigenvalue weighted by molar-refractivity contribution is -0.137. The SMILES string of the molecule is CC(CC(=O)O)c1cn(C(C)C)c2cccc(C(F)(F)F)c12. The molecule has 120 valence electrons.